The van der Waals surface area contributed by atoms with E-state index in [2.05, 4.69) is 4.98 Å². The van der Waals surface area contributed by atoms with Crippen molar-refractivity contribution in [3.8, 4) is 0 Å². The van der Waals surface area contributed by atoms with Crippen molar-refractivity contribution in [2.24, 2.45) is 0 Å². The number of amides is 1. The van der Waals surface area contributed by atoms with Crippen LogP contribution in [-0.4, -0.2) is 22.8 Å². The molecule has 0 aliphatic rings. The van der Waals surface area contributed by atoms with Gasteiger partial charge in [-0.25, -0.2) is 9.37 Å². The lowest BCUT2D eigenvalue weighted by molar-refractivity contribution is 0.0735. The van der Waals surface area contributed by atoms with E-state index < -0.39 is 0 Å². The Morgan fingerprint density at radius 3 is 2.78 bits per heavy atom. The van der Waals surface area contributed by atoms with Crippen LogP contribution >= 0.6 is 11.3 Å². The molecule has 94 valence electrons. The highest BCUT2D eigenvalue weighted by atomic mass is 32.1. The van der Waals surface area contributed by atoms with Crippen molar-refractivity contribution in [2.45, 2.75) is 13.0 Å². The van der Waals surface area contributed by atoms with Gasteiger partial charge < -0.3 is 4.90 Å². The molecule has 0 saturated carbocycles. The summed E-state index contributed by atoms with van der Waals surface area (Å²) in [5.74, 6) is -0.505. The van der Waals surface area contributed by atoms with Gasteiger partial charge in [-0.05, 0) is 13.0 Å². The predicted octanol–water partition coefficient (Wildman–Crippen LogP) is 3.12. The predicted molar refractivity (Wildman–Crippen MR) is 69.0 cm³/mol. The minimum Gasteiger partial charge on any atom is -0.333 e. The lowest BCUT2D eigenvalue weighted by Gasteiger charge is -2.24. The Morgan fingerprint density at radius 2 is 2.17 bits per heavy atom. The number of hydrogen-bond donors (Lipinski definition) is 0. The van der Waals surface area contributed by atoms with Gasteiger partial charge in [0.1, 0.15) is 11.5 Å². The van der Waals surface area contributed by atoms with Crippen LogP contribution in [0.4, 0.5) is 4.39 Å². The van der Waals surface area contributed by atoms with Gasteiger partial charge in [-0.3, -0.25) is 4.79 Å². The average molecular weight is 264 g/mol. The highest BCUT2D eigenvalue weighted by molar-refractivity contribution is 7.07. The minimum absolute atomic E-state index is 0.202. The van der Waals surface area contributed by atoms with E-state index in [1.54, 1.807) is 43.1 Å². The smallest absolute Gasteiger partial charge is 0.273 e. The number of carbonyl (C=O) groups is 1. The average Bonchev–Trinajstić information content (AvgIpc) is 2.90. The Morgan fingerprint density at radius 1 is 1.44 bits per heavy atom. The fourth-order valence-electron chi connectivity index (χ4n) is 1.70. The Hall–Kier alpha value is -1.75. The number of rotatable bonds is 3. The van der Waals surface area contributed by atoms with Crippen LogP contribution in [0.5, 0.6) is 0 Å². The molecule has 0 bridgehead atoms. The molecule has 18 heavy (non-hydrogen) atoms. The Labute approximate surface area is 109 Å². The van der Waals surface area contributed by atoms with E-state index in [9.17, 15) is 9.18 Å². The van der Waals surface area contributed by atoms with Crippen LogP contribution < -0.4 is 0 Å². The zero-order chi connectivity index (χ0) is 13.1. The van der Waals surface area contributed by atoms with Gasteiger partial charge in [0.15, 0.2) is 0 Å². The van der Waals surface area contributed by atoms with Gasteiger partial charge in [-0.1, -0.05) is 18.2 Å². The normalized spacial score (nSPS) is 12.2. The second kappa shape index (κ2) is 5.27. The van der Waals surface area contributed by atoms with Crippen LogP contribution in [0.25, 0.3) is 0 Å². The monoisotopic (exact) mass is 264 g/mol. The number of aromatic nitrogens is 1. The maximum absolute atomic E-state index is 13.7. The summed E-state index contributed by atoms with van der Waals surface area (Å²) in [5.41, 5.74) is 2.50. The number of benzene rings is 1. The second-order valence-electron chi connectivity index (χ2n) is 3.99. The molecule has 2 rings (SSSR count). The van der Waals surface area contributed by atoms with Crippen molar-refractivity contribution >= 4 is 17.2 Å². The molecule has 0 fully saturated rings. The molecule has 1 amide bonds. The van der Waals surface area contributed by atoms with Gasteiger partial charge in [0.05, 0.1) is 11.6 Å². The van der Waals surface area contributed by atoms with Gasteiger partial charge in [-0.15, -0.1) is 11.3 Å². The lowest BCUT2D eigenvalue weighted by Crippen LogP contribution is -2.30. The van der Waals surface area contributed by atoms with Gasteiger partial charge >= 0.3 is 0 Å². The zero-order valence-electron chi connectivity index (χ0n) is 10.1. The van der Waals surface area contributed by atoms with Crippen LogP contribution in [0, 0.1) is 5.82 Å². The van der Waals surface area contributed by atoms with Crippen LogP contribution in [0.1, 0.15) is 29.0 Å². The number of carbonyl (C=O) groups excluding carboxylic acids is 1. The molecule has 0 N–H and O–H groups in total. The molecule has 0 aliphatic carbocycles. The quantitative estimate of drug-likeness (QED) is 0.853. The highest BCUT2D eigenvalue weighted by Gasteiger charge is 2.21. The lowest BCUT2D eigenvalue weighted by atomic mass is 10.1. The molecule has 1 aromatic heterocycles. The topological polar surface area (TPSA) is 33.2 Å². The van der Waals surface area contributed by atoms with Crippen molar-refractivity contribution < 1.29 is 9.18 Å². The molecular weight excluding hydrogens is 251 g/mol. The van der Waals surface area contributed by atoms with Crippen molar-refractivity contribution in [1.29, 1.82) is 0 Å². The summed E-state index contributed by atoms with van der Waals surface area (Å²) in [4.78, 5) is 17.5. The van der Waals surface area contributed by atoms with Crippen molar-refractivity contribution in [2.75, 3.05) is 7.05 Å². The first-order valence-electron chi connectivity index (χ1n) is 5.51. The van der Waals surface area contributed by atoms with E-state index in [0.29, 0.717) is 11.3 Å². The first-order chi connectivity index (χ1) is 8.61. The van der Waals surface area contributed by atoms with Crippen LogP contribution in [-0.2, 0) is 0 Å². The molecule has 0 aliphatic heterocycles. The summed E-state index contributed by atoms with van der Waals surface area (Å²) in [5, 5.41) is 1.69. The fourth-order valence-corrected chi connectivity index (χ4v) is 2.22. The van der Waals surface area contributed by atoms with E-state index in [-0.39, 0.29) is 17.8 Å². The largest absolute Gasteiger partial charge is 0.333 e. The molecule has 0 spiro atoms. The Balaban J connectivity index is 2.22. The number of thiazole rings is 1. The standard InChI is InChI=1S/C13H13FN2OS/c1-9(10-5-3-4-6-11(10)14)16(2)13(17)12-7-18-8-15-12/h3-9H,1-2H3. The molecule has 1 aromatic carbocycles. The molecule has 0 radical (unpaired) electrons. The summed E-state index contributed by atoms with van der Waals surface area (Å²) >= 11 is 1.36. The third-order valence-electron chi connectivity index (χ3n) is 2.91. The van der Waals surface area contributed by atoms with Gasteiger partial charge in [0, 0.05) is 18.0 Å². The van der Waals surface area contributed by atoms with E-state index >= 15 is 0 Å². The first kappa shape index (κ1) is 12.7. The maximum atomic E-state index is 13.7. The molecule has 1 unspecified atom stereocenters. The summed E-state index contributed by atoms with van der Waals surface area (Å²) < 4.78 is 13.7. The van der Waals surface area contributed by atoms with Crippen molar-refractivity contribution in [3.63, 3.8) is 0 Å². The summed E-state index contributed by atoms with van der Waals surface area (Å²) in [6.07, 6.45) is 0. The van der Waals surface area contributed by atoms with Crippen molar-refractivity contribution in [1.82, 2.24) is 9.88 Å². The molecule has 2 aromatic rings. The van der Waals surface area contributed by atoms with Gasteiger partial charge in [0.2, 0.25) is 0 Å². The summed E-state index contributed by atoms with van der Waals surface area (Å²) in [6, 6.07) is 6.14. The van der Waals surface area contributed by atoms with E-state index in [0.717, 1.165) is 0 Å². The second-order valence-corrected chi connectivity index (χ2v) is 4.71. The van der Waals surface area contributed by atoms with Crippen LogP contribution in [0.3, 0.4) is 0 Å². The van der Waals surface area contributed by atoms with Gasteiger partial charge in [-0.2, -0.15) is 0 Å². The molecule has 1 heterocycles. The Bertz CT molecular complexity index is 542. The van der Waals surface area contributed by atoms with Crippen LogP contribution in [0.15, 0.2) is 35.2 Å². The molecule has 3 nitrogen and oxygen atoms in total. The first-order valence-corrected chi connectivity index (χ1v) is 6.45. The third kappa shape index (κ3) is 2.41. The minimum atomic E-state index is -0.333. The SMILES string of the molecule is CC(c1ccccc1F)N(C)C(=O)c1cscn1. The fraction of sp³-hybridized carbons (Fsp3) is 0.231. The van der Waals surface area contributed by atoms with Gasteiger partial charge in [0.25, 0.3) is 5.91 Å². The molecule has 1 atom stereocenters. The molecule has 0 saturated heterocycles. The van der Waals surface area contributed by atoms with E-state index in [4.69, 9.17) is 0 Å². The molecular formula is C13H13FN2OS. The number of nitrogens with zero attached hydrogens (tertiary/aromatic N) is 2. The summed E-state index contributed by atoms with van der Waals surface area (Å²) in [6.45, 7) is 1.79. The summed E-state index contributed by atoms with van der Waals surface area (Å²) in [7, 11) is 1.65. The zero-order valence-corrected chi connectivity index (χ0v) is 10.9. The highest BCUT2D eigenvalue weighted by Crippen LogP contribution is 2.22. The number of hydrogen-bond acceptors (Lipinski definition) is 3. The Kier molecular flexibility index (Phi) is 3.72. The number of halogens is 1. The van der Waals surface area contributed by atoms with Crippen molar-refractivity contribution in [3.05, 3.63) is 52.2 Å². The van der Waals surface area contributed by atoms with Crippen LogP contribution in [0.2, 0.25) is 0 Å². The maximum Gasteiger partial charge on any atom is 0.273 e. The molecule has 5 heteroatoms. The van der Waals surface area contributed by atoms with E-state index in [1.807, 2.05) is 0 Å². The van der Waals surface area contributed by atoms with E-state index in [1.165, 1.54) is 22.3 Å². The third-order valence-corrected chi connectivity index (χ3v) is 3.49.